The molecule has 0 aliphatic carbocycles. The van der Waals surface area contributed by atoms with Crippen LogP contribution < -0.4 is 14.8 Å². The number of fused-ring (bicyclic) bond motifs is 1. The van der Waals surface area contributed by atoms with Crippen molar-refractivity contribution in [1.29, 1.82) is 0 Å². The van der Waals surface area contributed by atoms with E-state index in [9.17, 15) is 4.79 Å². The van der Waals surface area contributed by atoms with Crippen LogP contribution in [-0.2, 0) is 10.2 Å². The van der Waals surface area contributed by atoms with Gasteiger partial charge >= 0.3 is 0 Å². The van der Waals surface area contributed by atoms with Crippen molar-refractivity contribution in [2.24, 2.45) is 0 Å². The van der Waals surface area contributed by atoms with E-state index in [1.165, 1.54) is 0 Å². The molecule has 3 aromatic rings. The minimum atomic E-state index is -0.166. The molecule has 0 saturated carbocycles. The van der Waals surface area contributed by atoms with E-state index in [0.29, 0.717) is 18.9 Å². The van der Waals surface area contributed by atoms with E-state index in [1.807, 2.05) is 60.7 Å². The average molecular weight is 377 g/mol. The number of carbonyl (C=O) groups is 1. The second-order valence-electron chi connectivity index (χ2n) is 7.74. The van der Waals surface area contributed by atoms with Crippen LogP contribution in [0.2, 0.25) is 0 Å². The highest BCUT2D eigenvalue weighted by molar-refractivity contribution is 5.84. The molecule has 0 saturated heterocycles. The van der Waals surface area contributed by atoms with Crippen molar-refractivity contribution >= 4 is 16.7 Å². The van der Waals surface area contributed by atoms with Gasteiger partial charge in [-0.05, 0) is 39.9 Å². The van der Waals surface area contributed by atoms with E-state index in [2.05, 4.69) is 32.2 Å². The number of carbonyl (C=O) groups excluding carboxylic acids is 1. The Balaban J connectivity index is 1.44. The third kappa shape index (κ3) is 5.26. The van der Waals surface area contributed by atoms with Crippen LogP contribution in [0.3, 0.4) is 0 Å². The maximum Gasteiger partial charge on any atom is 0.258 e. The van der Waals surface area contributed by atoms with Gasteiger partial charge in [-0.25, -0.2) is 0 Å². The van der Waals surface area contributed by atoms with Crippen molar-refractivity contribution in [2.45, 2.75) is 26.2 Å². The molecular formula is C24H27NO3. The highest BCUT2D eigenvalue weighted by atomic mass is 16.5. The van der Waals surface area contributed by atoms with Crippen molar-refractivity contribution in [3.63, 3.8) is 0 Å². The molecule has 28 heavy (non-hydrogen) atoms. The number of ether oxygens (including phenoxy) is 2. The molecule has 146 valence electrons. The predicted octanol–water partition coefficient (Wildman–Crippen LogP) is 4.71. The normalized spacial score (nSPS) is 11.2. The monoisotopic (exact) mass is 377 g/mol. The van der Waals surface area contributed by atoms with Crippen molar-refractivity contribution < 1.29 is 14.3 Å². The van der Waals surface area contributed by atoms with Crippen LogP contribution in [0.1, 0.15) is 26.3 Å². The van der Waals surface area contributed by atoms with E-state index in [4.69, 9.17) is 9.47 Å². The molecule has 4 heteroatoms. The summed E-state index contributed by atoms with van der Waals surface area (Å²) in [5.74, 6) is 1.38. The highest BCUT2D eigenvalue weighted by Crippen LogP contribution is 2.30. The van der Waals surface area contributed by atoms with Crippen molar-refractivity contribution in [3.05, 3.63) is 72.3 Å². The van der Waals surface area contributed by atoms with Gasteiger partial charge in [-0.15, -0.1) is 0 Å². The summed E-state index contributed by atoms with van der Waals surface area (Å²) in [5, 5.41) is 5.06. The summed E-state index contributed by atoms with van der Waals surface area (Å²) in [6.45, 7) is 7.29. The Bertz CT molecular complexity index is 944. The molecule has 0 fully saturated rings. The molecule has 0 spiro atoms. The Morgan fingerprint density at radius 2 is 1.61 bits per heavy atom. The fourth-order valence-electron chi connectivity index (χ4n) is 3.02. The molecule has 1 amide bonds. The van der Waals surface area contributed by atoms with Crippen molar-refractivity contribution in [1.82, 2.24) is 5.32 Å². The summed E-state index contributed by atoms with van der Waals surface area (Å²) in [4.78, 5) is 12.0. The number of amides is 1. The van der Waals surface area contributed by atoms with Gasteiger partial charge in [-0.3, -0.25) is 4.79 Å². The van der Waals surface area contributed by atoms with Gasteiger partial charge in [0.25, 0.3) is 5.91 Å². The van der Waals surface area contributed by atoms with E-state index in [0.717, 1.165) is 22.1 Å². The third-order valence-corrected chi connectivity index (χ3v) is 4.47. The maximum absolute atomic E-state index is 12.0. The first-order chi connectivity index (χ1) is 13.4. The van der Waals surface area contributed by atoms with Gasteiger partial charge in [-0.2, -0.15) is 0 Å². The van der Waals surface area contributed by atoms with Gasteiger partial charge in [0.15, 0.2) is 6.61 Å². The van der Waals surface area contributed by atoms with Crippen LogP contribution in [0.5, 0.6) is 11.5 Å². The quantitative estimate of drug-likeness (QED) is 0.607. The van der Waals surface area contributed by atoms with Gasteiger partial charge in [0.05, 0.1) is 6.54 Å². The Labute approximate surface area is 166 Å². The Hall–Kier alpha value is -3.01. The SMILES string of the molecule is CC(C)(C)c1ccccc1OCCNC(=O)COc1ccc2ccccc2c1. The molecule has 0 atom stereocenters. The highest BCUT2D eigenvalue weighted by Gasteiger charge is 2.18. The molecule has 4 nitrogen and oxygen atoms in total. The number of hydrogen-bond donors (Lipinski definition) is 1. The molecule has 0 bridgehead atoms. The van der Waals surface area contributed by atoms with Crippen LogP contribution in [0.15, 0.2) is 66.7 Å². The topological polar surface area (TPSA) is 47.6 Å². The van der Waals surface area contributed by atoms with E-state index < -0.39 is 0 Å². The first-order valence-electron chi connectivity index (χ1n) is 9.54. The summed E-state index contributed by atoms with van der Waals surface area (Å²) in [7, 11) is 0. The van der Waals surface area contributed by atoms with E-state index in [-0.39, 0.29) is 17.9 Å². The Morgan fingerprint density at radius 1 is 0.893 bits per heavy atom. The van der Waals surface area contributed by atoms with Crippen LogP contribution in [-0.4, -0.2) is 25.7 Å². The van der Waals surface area contributed by atoms with Gasteiger partial charge in [0.1, 0.15) is 18.1 Å². The summed E-state index contributed by atoms with van der Waals surface area (Å²) in [5.41, 5.74) is 1.16. The molecule has 0 radical (unpaired) electrons. The fraction of sp³-hybridized carbons (Fsp3) is 0.292. The molecule has 0 aliphatic rings. The first kappa shape index (κ1) is 19.7. The summed E-state index contributed by atoms with van der Waals surface area (Å²) in [6.07, 6.45) is 0. The smallest absolute Gasteiger partial charge is 0.258 e. The molecule has 0 aromatic heterocycles. The largest absolute Gasteiger partial charge is 0.491 e. The molecule has 1 N–H and O–H groups in total. The van der Waals surface area contributed by atoms with Crippen molar-refractivity contribution in [2.75, 3.05) is 19.8 Å². The molecule has 3 rings (SSSR count). The zero-order valence-corrected chi connectivity index (χ0v) is 16.7. The average Bonchev–Trinajstić information content (AvgIpc) is 2.69. The van der Waals surface area contributed by atoms with Crippen molar-refractivity contribution in [3.8, 4) is 11.5 Å². The predicted molar refractivity (Wildman–Crippen MR) is 113 cm³/mol. The number of nitrogens with one attached hydrogen (secondary N) is 1. The third-order valence-electron chi connectivity index (χ3n) is 4.47. The lowest BCUT2D eigenvalue weighted by Gasteiger charge is -2.22. The summed E-state index contributed by atoms with van der Waals surface area (Å²) < 4.78 is 11.5. The van der Waals surface area contributed by atoms with Gasteiger partial charge in [0.2, 0.25) is 0 Å². The second kappa shape index (κ2) is 8.79. The number of benzene rings is 3. The van der Waals surface area contributed by atoms with Gasteiger partial charge in [0, 0.05) is 0 Å². The molecule has 0 unspecified atom stereocenters. The Morgan fingerprint density at radius 3 is 2.39 bits per heavy atom. The summed E-state index contributed by atoms with van der Waals surface area (Å²) >= 11 is 0. The Kier molecular flexibility index (Phi) is 6.19. The molecule has 0 heterocycles. The minimum absolute atomic E-state index is 0.00748. The molecule has 0 aliphatic heterocycles. The fourth-order valence-corrected chi connectivity index (χ4v) is 3.02. The lowest BCUT2D eigenvalue weighted by molar-refractivity contribution is -0.123. The molecule has 3 aromatic carbocycles. The lowest BCUT2D eigenvalue weighted by Crippen LogP contribution is -2.32. The van der Waals surface area contributed by atoms with Crippen LogP contribution in [0.25, 0.3) is 10.8 Å². The lowest BCUT2D eigenvalue weighted by atomic mass is 9.86. The van der Waals surface area contributed by atoms with Crippen LogP contribution in [0, 0.1) is 0 Å². The number of para-hydroxylation sites is 1. The van der Waals surface area contributed by atoms with Crippen LogP contribution >= 0.6 is 0 Å². The van der Waals surface area contributed by atoms with Gasteiger partial charge in [-0.1, -0.05) is 69.3 Å². The first-order valence-corrected chi connectivity index (χ1v) is 9.54. The standard InChI is InChI=1S/C24H27NO3/c1-24(2,3)21-10-6-7-11-22(21)27-15-14-25-23(26)17-28-20-13-12-18-8-4-5-9-19(18)16-20/h4-13,16H,14-15,17H2,1-3H3,(H,25,26). The maximum atomic E-state index is 12.0. The van der Waals surface area contributed by atoms with Gasteiger partial charge < -0.3 is 14.8 Å². The number of hydrogen-bond acceptors (Lipinski definition) is 3. The van der Waals surface area contributed by atoms with Crippen LogP contribution in [0.4, 0.5) is 0 Å². The van der Waals surface area contributed by atoms with E-state index in [1.54, 1.807) is 0 Å². The number of rotatable bonds is 7. The molecular weight excluding hydrogens is 350 g/mol. The summed E-state index contributed by atoms with van der Waals surface area (Å²) in [6, 6.07) is 21.9. The van der Waals surface area contributed by atoms with E-state index >= 15 is 0 Å². The zero-order valence-electron chi connectivity index (χ0n) is 16.7. The minimum Gasteiger partial charge on any atom is -0.491 e. The zero-order chi connectivity index (χ0) is 20.0. The second-order valence-corrected chi connectivity index (χ2v) is 7.74.